The fourth-order valence-corrected chi connectivity index (χ4v) is 12.1. The van der Waals surface area contributed by atoms with Gasteiger partial charge in [-0.05, 0) is 161 Å². The van der Waals surface area contributed by atoms with E-state index >= 15 is 0 Å². The molecule has 0 bridgehead atoms. The van der Waals surface area contributed by atoms with E-state index in [0.717, 1.165) is 167 Å². The molecule has 0 saturated heterocycles. The molecule has 106 heavy (non-hydrogen) atoms. The normalized spacial score (nSPS) is 14.6. The van der Waals surface area contributed by atoms with E-state index in [1.54, 1.807) is 0 Å². The van der Waals surface area contributed by atoms with E-state index < -0.39 is 97.5 Å². The summed E-state index contributed by atoms with van der Waals surface area (Å²) in [5, 5.41) is 10.6. The Labute approximate surface area is 643 Å². The van der Waals surface area contributed by atoms with E-state index in [0.29, 0.717) is 32.1 Å². The van der Waals surface area contributed by atoms with Gasteiger partial charge < -0.3 is 33.8 Å². The van der Waals surface area contributed by atoms with Crippen LogP contribution in [0.2, 0.25) is 0 Å². The van der Waals surface area contributed by atoms with Crippen molar-refractivity contribution < 1.29 is 80.2 Å². The highest BCUT2D eigenvalue weighted by molar-refractivity contribution is 7.47. The van der Waals surface area contributed by atoms with E-state index in [2.05, 4.69) is 161 Å². The number of esters is 4. The third-order valence-corrected chi connectivity index (χ3v) is 18.7. The molecule has 0 heterocycles. The molecule has 0 spiro atoms. The minimum Gasteiger partial charge on any atom is -0.462 e. The number of carbonyl (C=O) groups excluding carboxylic acids is 4. The molecule has 0 aliphatic carbocycles. The van der Waals surface area contributed by atoms with Gasteiger partial charge in [0.15, 0.2) is 12.2 Å². The van der Waals surface area contributed by atoms with Gasteiger partial charge in [-0.25, -0.2) is 9.13 Å². The maximum absolute atomic E-state index is 13.1. The number of hydrogen-bond donors (Lipinski definition) is 3. The van der Waals surface area contributed by atoms with E-state index in [4.69, 9.17) is 37.0 Å². The average Bonchev–Trinajstić information content (AvgIpc) is 0.901. The van der Waals surface area contributed by atoms with Gasteiger partial charge in [-0.3, -0.25) is 37.3 Å². The molecule has 0 fully saturated rings. The molecular formula is C87H146O17P2. The van der Waals surface area contributed by atoms with Crippen molar-refractivity contribution in [2.45, 2.75) is 341 Å². The molecule has 2 unspecified atom stereocenters. The molecule has 17 nitrogen and oxygen atoms in total. The fourth-order valence-electron chi connectivity index (χ4n) is 10.5. The first-order valence-corrected chi connectivity index (χ1v) is 44.1. The maximum Gasteiger partial charge on any atom is 0.472 e. The van der Waals surface area contributed by atoms with Gasteiger partial charge in [0.25, 0.3) is 0 Å². The molecule has 3 N–H and O–H groups in total. The second-order valence-electron chi connectivity index (χ2n) is 27.0. The number of rotatable bonds is 76. The van der Waals surface area contributed by atoms with Crippen molar-refractivity contribution in [3.05, 3.63) is 146 Å². The lowest BCUT2D eigenvalue weighted by Gasteiger charge is -2.21. The minimum atomic E-state index is -5.00. The molecule has 0 amide bonds. The third-order valence-electron chi connectivity index (χ3n) is 16.8. The van der Waals surface area contributed by atoms with E-state index in [9.17, 15) is 43.2 Å². The van der Waals surface area contributed by atoms with Gasteiger partial charge in [0.1, 0.15) is 19.3 Å². The lowest BCUT2D eigenvalue weighted by atomic mass is 10.1. The number of hydrogen-bond acceptors (Lipinski definition) is 15. The number of aliphatic hydroxyl groups excluding tert-OH is 1. The predicted octanol–water partition coefficient (Wildman–Crippen LogP) is 24.2. The van der Waals surface area contributed by atoms with Gasteiger partial charge >= 0.3 is 39.5 Å². The van der Waals surface area contributed by atoms with Gasteiger partial charge in [0.2, 0.25) is 0 Å². The Bertz CT molecular complexity index is 2580. The Morgan fingerprint density at radius 3 is 0.849 bits per heavy atom. The Balaban J connectivity index is 5.45. The molecule has 0 aliphatic heterocycles. The predicted molar refractivity (Wildman–Crippen MR) is 436 cm³/mol. The van der Waals surface area contributed by atoms with Crippen LogP contribution in [0, 0.1) is 0 Å². The van der Waals surface area contributed by atoms with E-state index in [1.165, 1.54) is 70.6 Å². The largest absolute Gasteiger partial charge is 0.472 e. The average molecular weight is 1530 g/mol. The zero-order chi connectivity index (χ0) is 77.4. The number of phosphoric ester groups is 2. The van der Waals surface area contributed by atoms with Crippen LogP contribution in [0.5, 0.6) is 0 Å². The third kappa shape index (κ3) is 77.1. The number of allylic oxidation sites excluding steroid dienone is 24. The number of unbranched alkanes of at least 4 members (excludes halogenated alkanes) is 26. The summed E-state index contributed by atoms with van der Waals surface area (Å²) in [5.74, 6) is -2.32. The summed E-state index contributed by atoms with van der Waals surface area (Å²) in [6.07, 6.45) is 89.8. The summed E-state index contributed by atoms with van der Waals surface area (Å²) in [4.78, 5) is 73.0. The van der Waals surface area contributed by atoms with Crippen LogP contribution >= 0.6 is 15.6 Å². The standard InChI is InChI=1S/C87H146O17P2/c1-5-9-13-17-21-25-29-33-36-38-40-42-45-48-51-55-59-63-67-71-84(89)97-77-82(103-86(91)73-69-65-61-57-53-47-32-28-24-20-16-12-8-4)79-101-105(93,94)99-75-81(88)76-100-106(95,96)102-80-83(104-87(92)74-70-66-62-58-54-50-44-35-31-27-23-19-15-11-7-3)78-98-85(90)72-68-64-60-56-52-49-46-43-41-39-37-34-30-26-22-18-14-10-6-2/h9,13,21-22,25-28,31-34,36-37,40-43,48-49,51-52,60,64,81-83,88H,5-8,10-12,14-20,23-24,29-30,35,38-39,44-47,50,53-59,61-63,65-80H2,1-4H3,(H,93,94)(H,95,96)/b13-9-,25-21-,26-22-,31-27-,32-28-,36-33-,37-34-,42-40-,43-41-,51-48-,52-49-,64-60-/t81-,82-,83-/m1/s1. The summed E-state index contributed by atoms with van der Waals surface area (Å²) in [5.41, 5.74) is 0. The number of carbonyl (C=O) groups is 4. The van der Waals surface area contributed by atoms with Crippen LogP contribution < -0.4 is 0 Å². The molecule has 0 radical (unpaired) electrons. The van der Waals surface area contributed by atoms with Crippen LogP contribution in [0.4, 0.5) is 0 Å². The topological polar surface area (TPSA) is 237 Å². The van der Waals surface area contributed by atoms with Crippen LogP contribution in [0.1, 0.15) is 323 Å². The highest BCUT2D eigenvalue weighted by atomic mass is 31.2. The molecule has 606 valence electrons. The number of phosphoric acid groups is 2. The number of ether oxygens (including phenoxy) is 4. The maximum atomic E-state index is 13.1. The van der Waals surface area contributed by atoms with E-state index in [-0.39, 0.29) is 25.7 Å². The molecule has 0 aromatic heterocycles. The van der Waals surface area contributed by atoms with Crippen molar-refractivity contribution in [1.29, 1.82) is 0 Å². The zero-order valence-corrected chi connectivity index (χ0v) is 68.1. The van der Waals surface area contributed by atoms with Crippen LogP contribution in [0.15, 0.2) is 146 Å². The Morgan fingerprint density at radius 2 is 0.509 bits per heavy atom. The van der Waals surface area contributed by atoms with Crippen molar-refractivity contribution in [2.75, 3.05) is 39.6 Å². The smallest absolute Gasteiger partial charge is 0.462 e. The molecule has 0 aromatic rings. The minimum absolute atomic E-state index is 0.0339. The number of aliphatic hydroxyl groups is 1. The Hall–Kier alpha value is -5.06. The second kappa shape index (κ2) is 78.1. The summed E-state index contributed by atoms with van der Waals surface area (Å²) in [6, 6.07) is 0. The summed E-state index contributed by atoms with van der Waals surface area (Å²) in [6.45, 7) is 4.58. The van der Waals surface area contributed by atoms with Crippen LogP contribution in [0.3, 0.4) is 0 Å². The van der Waals surface area contributed by atoms with Crippen molar-refractivity contribution in [1.82, 2.24) is 0 Å². The Kier molecular flexibility index (Phi) is 74.3. The highest BCUT2D eigenvalue weighted by Gasteiger charge is 2.30. The van der Waals surface area contributed by atoms with Gasteiger partial charge in [-0.15, -0.1) is 0 Å². The summed E-state index contributed by atoms with van der Waals surface area (Å²) < 4.78 is 68.6. The van der Waals surface area contributed by atoms with Crippen molar-refractivity contribution in [3.8, 4) is 0 Å². The molecule has 5 atom stereocenters. The summed E-state index contributed by atoms with van der Waals surface area (Å²) in [7, 11) is -10.00. The molecule has 0 rings (SSSR count). The molecule has 0 saturated carbocycles. The van der Waals surface area contributed by atoms with Crippen LogP contribution in [-0.2, 0) is 65.4 Å². The molecule has 0 aromatic carbocycles. The SMILES string of the molecule is CC/C=C\C/C=C\C/C=C\C/C=C\C/C=C\CCCCCC(=O)OC[C@H](COP(=O)(O)OC[C@@H](O)COP(=O)(O)OC[C@@H](COC(=O)CC/C=C\C/C=C\C/C=C\C/C=C\C/C=C\CCCCC)OC(=O)CCCCCCCCC/C=C\CCCCCC)OC(=O)CCCCCCC/C=C\CCCCCC. The first-order valence-electron chi connectivity index (χ1n) is 41.1. The van der Waals surface area contributed by atoms with Crippen molar-refractivity contribution >= 4 is 39.5 Å². The first-order chi connectivity index (χ1) is 51.7. The van der Waals surface area contributed by atoms with Crippen molar-refractivity contribution in [3.63, 3.8) is 0 Å². The quantitative estimate of drug-likeness (QED) is 0.0169. The lowest BCUT2D eigenvalue weighted by molar-refractivity contribution is -0.161. The zero-order valence-electron chi connectivity index (χ0n) is 66.3. The highest BCUT2D eigenvalue weighted by Crippen LogP contribution is 2.45. The Morgan fingerprint density at radius 1 is 0.274 bits per heavy atom. The van der Waals surface area contributed by atoms with Gasteiger partial charge in [0, 0.05) is 25.7 Å². The van der Waals surface area contributed by atoms with Crippen LogP contribution in [0.25, 0.3) is 0 Å². The molecule has 0 aliphatic rings. The van der Waals surface area contributed by atoms with Gasteiger partial charge in [-0.2, -0.15) is 0 Å². The van der Waals surface area contributed by atoms with E-state index in [1.807, 2.05) is 12.2 Å². The molecular weight excluding hydrogens is 1380 g/mol. The van der Waals surface area contributed by atoms with Crippen LogP contribution in [-0.4, -0.2) is 96.7 Å². The lowest BCUT2D eigenvalue weighted by Crippen LogP contribution is -2.30. The monoisotopic (exact) mass is 1530 g/mol. The second-order valence-corrected chi connectivity index (χ2v) is 29.9. The fraction of sp³-hybridized carbons (Fsp3) is 0.678. The summed E-state index contributed by atoms with van der Waals surface area (Å²) >= 11 is 0. The molecule has 19 heteroatoms. The van der Waals surface area contributed by atoms with Gasteiger partial charge in [0.05, 0.1) is 26.4 Å². The van der Waals surface area contributed by atoms with Crippen molar-refractivity contribution in [2.24, 2.45) is 0 Å². The van der Waals surface area contributed by atoms with Gasteiger partial charge in [-0.1, -0.05) is 283 Å². The first kappa shape index (κ1) is 101.